The topological polar surface area (TPSA) is 86.8 Å². The maximum Gasteiger partial charge on any atom is 0.264 e. The number of hydrogen-bond donors (Lipinski definition) is 1. The molecule has 2 amide bonds. The van der Waals surface area contributed by atoms with E-state index >= 15 is 0 Å². The summed E-state index contributed by atoms with van der Waals surface area (Å²) in [5.74, 6) is -0.994. The van der Waals surface area contributed by atoms with Gasteiger partial charge in [0.2, 0.25) is 11.8 Å². The second-order valence-electron chi connectivity index (χ2n) is 9.00. The Morgan fingerprint density at radius 2 is 1.62 bits per heavy atom. The predicted octanol–water partition coefficient (Wildman–Crippen LogP) is 6.09. The van der Waals surface area contributed by atoms with Crippen molar-refractivity contribution in [3.05, 3.63) is 92.9 Å². The highest BCUT2D eigenvalue weighted by atomic mass is 35.5. The van der Waals surface area contributed by atoms with Crippen LogP contribution in [0.25, 0.3) is 0 Å². The molecule has 11 heteroatoms. The average Bonchev–Trinajstić information content (AvgIpc) is 2.91. The van der Waals surface area contributed by atoms with Crippen LogP contribution in [0.15, 0.2) is 71.6 Å². The lowest BCUT2D eigenvalue weighted by molar-refractivity contribution is -0.139. The third-order valence-corrected chi connectivity index (χ3v) is 8.78. The quantitative estimate of drug-likeness (QED) is 0.285. The number of carbonyl (C=O) groups is 2. The van der Waals surface area contributed by atoms with E-state index in [4.69, 9.17) is 34.8 Å². The van der Waals surface area contributed by atoms with Gasteiger partial charge in [-0.1, -0.05) is 77.6 Å². The van der Waals surface area contributed by atoms with E-state index in [1.165, 1.54) is 35.2 Å². The smallest absolute Gasteiger partial charge is 0.264 e. The van der Waals surface area contributed by atoms with E-state index in [1.54, 1.807) is 43.3 Å². The maximum absolute atomic E-state index is 13.9. The molecule has 0 aliphatic carbocycles. The Hall–Kier alpha value is -2.78. The molecule has 1 atom stereocenters. The molecule has 1 N–H and O–H groups in total. The molecule has 0 bridgehead atoms. The molecule has 0 aromatic heterocycles. The first-order valence-corrected chi connectivity index (χ1v) is 14.9. The van der Waals surface area contributed by atoms with E-state index in [-0.39, 0.29) is 33.1 Å². The van der Waals surface area contributed by atoms with Gasteiger partial charge < -0.3 is 10.2 Å². The number of hydrogen-bond acceptors (Lipinski definition) is 4. The average molecular weight is 611 g/mol. The van der Waals surface area contributed by atoms with Gasteiger partial charge in [0.1, 0.15) is 12.6 Å². The number of nitrogens with zero attached hydrogens (tertiary/aromatic N) is 2. The Labute approximate surface area is 244 Å². The highest BCUT2D eigenvalue weighted by Crippen LogP contribution is 2.33. The van der Waals surface area contributed by atoms with Gasteiger partial charge in [-0.15, -0.1) is 0 Å². The Morgan fingerprint density at radius 3 is 2.26 bits per heavy atom. The number of halogens is 3. The minimum atomic E-state index is -4.26. The van der Waals surface area contributed by atoms with Crippen LogP contribution in [0.3, 0.4) is 0 Å². The van der Waals surface area contributed by atoms with Gasteiger partial charge >= 0.3 is 0 Å². The Kier molecular flexibility index (Phi) is 10.7. The third kappa shape index (κ3) is 7.66. The summed E-state index contributed by atoms with van der Waals surface area (Å²) in [4.78, 5) is 28.1. The van der Waals surface area contributed by atoms with Gasteiger partial charge in [0, 0.05) is 23.1 Å². The minimum absolute atomic E-state index is 0.0130. The minimum Gasteiger partial charge on any atom is -0.354 e. The number of sulfonamides is 1. The van der Waals surface area contributed by atoms with Crippen LogP contribution >= 0.6 is 34.8 Å². The molecule has 3 aromatic carbocycles. The molecule has 208 valence electrons. The number of anilines is 1. The number of nitrogens with one attached hydrogen (secondary N) is 1. The van der Waals surface area contributed by atoms with Crippen LogP contribution in [0.4, 0.5) is 5.69 Å². The second-order valence-corrected chi connectivity index (χ2v) is 12.1. The lowest BCUT2D eigenvalue weighted by Gasteiger charge is -2.32. The molecular formula is C28H30Cl3N3O4S. The van der Waals surface area contributed by atoms with E-state index in [1.807, 2.05) is 13.8 Å². The third-order valence-electron chi connectivity index (χ3n) is 6.08. The van der Waals surface area contributed by atoms with Crippen molar-refractivity contribution in [1.82, 2.24) is 10.2 Å². The molecule has 0 heterocycles. The number of aryl methyl sites for hydroxylation is 1. The van der Waals surface area contributed by atoms with Crippen LogP contribution in [0, 0.1) is 6.92 Å². The van der Waals surface area contributed by atoms with E-state index in [9.17, 15) is 18.0 Å². The monoisotopic (exact) mass is 609 g/mol. The standard InChI is InChI=1S/C28H30Cl3N3O4S/c1-4-15-32-28(36)20(3)33(17-21-7-5-6-8-24(21)30)27(35)18-34(26-16-22(29)11-14-25(26)31)39(37,38)23-12-9-19(2)10-13-23/h5-14,16,20H,4,15,17-18H2,1-3H3,(H,32,36)/t20-/m1/s1. The van der Waals surface area contributed by atoms with Crippen LogP contribution in [0.2, 0.25) is 15.1 Å². The fourth-order valence-electron chi connectivity index (χ4n) is 3.82. The van der Waals surface area contributed by atoms with E-state index in [0.29, 0.717) is 23.6 Å². The SMILES string of the molecule is CCCNC(=O)[C@@H](C)N(Cc1ccccc1Cl)C(=O)CN(c1cc(Cl)ccc1Cl)S(=O)(=O)c1ccc(C)cc1. The zero-order valence-corrected chi connectivity index (χ0v) is 24.9. The fraction of sp³-hybridized carbons (Fsp3) is 0.286. The lowest BCUT2D eigenvalue weighted by atomic mass is 10.1. The van der Waals surface area contributed by atoms with Gasteiger partial charge in [-0.3, -0.25) is 13.9 Å². The van der Waals surface area contributed by atoms with Crippen molar-refractivity contribution in [2.45, 2.75) is 44.7 Å². The Bertz CT molecular complexity index is 1430. The molecule has 0 aliphatic heterocycles. The fourth-order valence-corrected chi connectivity index (χ4v) is 5.87. The van der Waals surface area contributed by atoms with Crippen molar-refractivity contribution in [1.29, 1.82) is 0 Å². The van der Waals surface area contributed by atoms with E-state index in [2.05, 4.69) is 5.32 Å². The molecule has 0 aliphatic rings. The summed E-state index contributed by atoms with van der Waals surface area (Å²) >= 11 is 19.0. The van der Waals surface area contributed by atoms with Crippen molar-refractivity contribution < 1.29 is 18.0 Å². The Balaban J connectivity index is 2.07. The van der Waals surface area contributed by atoms with Crippen LogP contribution in [-0.4, -0.2) is 44.3 Å². The highest BCUT2D eigenvalue weighted by Gasteiger charge is 2.33. The molecule has 3 aromatic rings. The maximum atomic E-state index is 13.9. The van der Waals surface area contributed by atoms with Crippen molar-refractivity contribution in [3.8, 4) is 0 Å². The summed E-state index contributed by atoms with van der Waals surface area (Å²) in [6.07, 6.45) is 0.715. The second kappa shape index (κ2) is 13.5. The van der Waals surface area contributed by atoms with E-state index in [0.717, 1.165) is 9.87 Å². The van der Waals surface area contributed by atoms with Gasteiger partial charge in [0.05, 0.1) is 15.6 Å². The van der Waals surface area contributed by atoms with Crippen molar-refractivity contribution in [2.75, 3.05) is 17.4 Å². The summed E-state index contributed by atoms with van der Waals surface area (Å²) < 4.78 is 28.7. The summed E-state index contributed by atoms with van der Waals surface area (Å²) in [5, 5.41) is 3.54. The highest BCUT2D eigenvalue weighted by molar-refractivity contribution is 7.92. The molecule has 39 heavy (non-hydrogen) atoms. The zero-order valence-electron chi connectivity index (χ0n) is 21.8. The molecule has 0 saturated carbocycles. The predicted molar refractivity (Wildman–Crippen MR) is 157 cm³/mol. The van der Waals surface area contributed by atoms with Crippen LogP contribution in [-0.2, 0) is 26.2 Å². The molecule has 0 unspecified atom stereocenters. The summed E-state index contributed by atoms with van der Waals surface area (Å²) in [5.41, 5.74) is 1.52. The van der Waals surface area contributed by atoms with Crippen LogP contribution in [0.5, 0.6) is 0 Å². The first-order chi connectivity index (χ1) is 18.4. The summed E-state index contributed by atoms with van der Waals surface area (Å²) in [6.45, 7) is 5.13. The van der Waals surface area contributed by atoms with Gasteiger partial charge in [0.15, 0.2) is 0 Å². The normalized spacial score (nSPS) is 12.1. The van der Waals surface area contributed by atoms with Crippen molar-refractivity contribution >= 4 is 62.3 Å². The van der Waals surface area contributed by atoms with Crippen LogP contribution in [0.1, 0.15) is 31.4 Å². The van der Waals surface area contributed by atoms with Gasteiger partial charge in [-0.2, -0.15) is 0 Å². The molecule has 0 fully saturated rings. The molecule has 0 radical (unpaired) electrons. The summed E-state index contributed by atoms with van der Waals surface area (Å²) in [7, 11) is -4.26. The molecular weight excluding hydrogens is 581 g/mol. The number of amides is 2. The number of carbonyl (C=O) groups excluding carboxylic acids is 2. The summed E-state index contributed by atoms with van der Waals surface area (Å²) in [6, 6.07) is 16.7. The first-order valence-electron chi connectivity index (χ1n) is 12.3. The number of benzene rings is 3. The Morgan fingerprint density at radius 1 is 0.949 bits per heavy atom. The van der Waals surface area contributed by atoms with Crippen molar-refractivity contribution in [3.63, 3.8) is 0 Å². The van der Waals surface area contributed by atoms with E-state index < -0.39 is 28.5 Å². The van der Waals surface area contributed by atoms with Crippen molar-refractivity contribution in [2.24, 2.45) is 0 Å². The first kappa shape index (κ1) is 30.8. The van der Waals surface area contributed by atoms with Gasteiger partial charge in [-0.25, -0.2) is 8.42 Å². The molecule has 3 rings (SSSR count). The van der Waals surface area contributed by atoms with Gasteiger partial charge in [-0.05, 0) is 62.2 Å². The van der Waals surface area contributed by atoms with Crippen LogP contribution < -0.4 is 9.62 Å². The van der Waals surface area contributed by atoms with Gasteiger partial charge in [0.25, 0.3) is 10.0 Å². The lowest BCUT2D eigenvalue weighted by Crippen LogP contribution is -2.51. The molecule has 0 spiro atoms. The molecule has 7 nitrogen and oxygen atoms in total. The number of rotatable bonds is 11. The zero-order chi connectivity index (χ0) is 28.7. The largest absolute Gasteiger partial charge is 0.354 e. The molecule has 0 saturated heterocycles.